The molecule has 0 aliphatic rings. The fourth-order valence-corrected chi connectivity index (χ4v) is 1.99. The van der Waals surface area contributed by atoms with Crippen LogP contribution in [0, 0.1) is 0 Å². The van der Waals surface area contributed by atoms with Gasteiger partial charge in [0.15, 0.2) is 0 Å². The first kappa shape index (κ1) is 15.5. The number of halogens is 1. The topological polar surface area (TPSA) is 69.0 Å². The molecule has 1 heterocycles. The fraction of sp³-hybridized carbons (Fsp3) is 0.357. The molecule has 0 saturated heterocycles. The normalized spacial score (nSPS) is 10.3. The highest BCUT2D eigenvalue weighted by Gasteiger charge is 2.01. The third-order valence-electron chi connectivity index (χ3n) is 2.76. The van der Waals surface area contributed by atoms with E-state index in [0.717, 1.165) is 16.6 Å². The molecule has 7 heteroatoms. The lowest BCUT2D eigenvalue weighted by Gasteiger charge is -2.08. The zero-order chi connectivity index (χ0) is 14.9. The molecule has 1 aromatic carbocycles. The van der Waals surface area contributed by atoms with Crippen LogP contribution in [0.1, 0.15) is 12.8 Å². The Labute approximate surface area is 131 Å². The van der Waals surface area contributed by atoms with Gasteiger partial charge in [0.05, 0.1) is 6.54 Å². The number of aryl methyl sites for hydroxylation is 1. The van der Waals surface area contributed by atoms with E-state index < -0.39 is 0 Å². The maximum absolute atomic E-state index is 11.6. The molecule has 0 aliphatic carbocycles. The van der Waals surface area contributed by atoms with Crippen molar-refractivity contribution >= 4 is 21.8 Å². The van der Waals surface area contributed by atoms with E-state index in [2.05, 4.69) is 31.3 Å². The summed E-state index contributed by atoms with van der Waals surface area (Å²) >= 11 is 3.36. The zero-order valence-corrected chi connectivity index (χ0v) is 13.1. The lowest BCUT2D eigenvalue weighted by atomic mass is 10.3. The van der Waals surface area contributed by atoms with Crippen molar-refractivity contribution in [1.29, 1.82) is 0 Å². The van der Waals surface area contributed by atoms with Crippen LogP contribution in [0.2, 0.25) is 0 Å². The van der Waals surface area contributed by atoms with Crippen molar-refractivity contribution in [3.05, 3.63) is 41.4 Å². The number of hydrogen-bond acceptors (Lipinski definition) is 4. The van der Waals surface area contributed by atoms with E-state index in [1.54, 1.807) is 11.0 Å². The van der Waals surface area contributed by atoms with Crippen molar-refractivity contribution < 1.29 is 9.53 Å². The number of benzene rings is 1. The van der Waals surface area contributed by atoms with Crippen LogP contribution >= 0.6 is 15.9 Å². The summed E-state index contributed by atoms with van der Waals surface area (Å²) < 4.78 is 8.24. The van der Waals surface area contributed by atoms with E-state index in [9.17, 15) is 4.79 Å². The standard InChI is InChI=1S/C14H17BrN4O2/c15-12-3-5-13(6-4-12)21-9-7-17-14(20)2-1-8-19-11-16-10-18-19/h3-6,10-11H,1-2,7-9H2,(H,17,20). The monoisotopic (exact) mass is 352 g/mol. The van der Waals surface area contributed by atoms with Crippen LogP contribution < -0.4 is 10.1 Å². The van der Waals surface area contributed by atoms with E-state index in [-0.39, 0.29) is 5.91 Å². The van der Waals surface area contributed by atoms with E-state index in [4.69, 9.17) is 4.74 Å². The molecular weight excluding hydrogens is 336 g/mol. The minimum Gasteiger partial charge on any atom is -0.492 e. The van der Waals surface area contributed by atoms with Gasteiger partial charge in [-0.25, -0.2) is 4.98 Å². The molecule has 0 unspecified atom stereocenters. The van der Waals surface area contributed by atoms with Crippen LogP contribution in [0.5, 0.6) is 5.75 Å². The Morgan fingerprint density at radius 1 is 1.33 bits per heavy atom. The predicted octanol–water partition coefficient (Wildman–Crippen LogP) is 2.02. The maximum Gasteiger partial charge on any atom is 0.220 e. The highest BCUT2D eigenvalue weighted by atomic mass is 79.9. The zero-order valence-electron chi connectivity index (χ0n) is 11.5. The number of ether oxygens (including phenoxy) is 1. The Bertz CT molecular complexity index is 543. The first-order valence-electron chi connectivity index (χ1n) is 6.71. The Hall–Kier alpha value is -1.89. The van der Waals surface area contributed by atoms with E-state index in [1.165, 1.54) is 6.33 Å². The molecule has 2 aromatic rings. The smallest absolute Gasteiger partial charge is 0.220 e. The number of nitrogens with one attached hydrogen (secondary N) is 1. The Morgan fingerprint density at radius 2 is 2.14 bits per heavy atom. The minimum absolute atomic E-state index is 0.0227. The van der Waals surface area contributed by atoms with E-state index >= 15 is 0 Å². The number of carbonyl (C=O) groups excluding carboxylic acids is 1. The van der Waals surface area contributed by atoms with Gasteiger partial charge >= 0.3 is 0 Å². The second-order valence-corrected chi connectivity index (χ2v) is 5.33. The van der Waals surface area contributed by atoms with Crippen molar-refractivity contribution in [3.63, 3.8) is 0 Å². The van der Waals surface area contributed by atoms with Crippen LogP contribution in [-0.2, 0) is 11.3 Å². The second-order valence-electron chi connectivity index (χ2n) is 4.41. The Kier molecular flexibility index (Phi) is 6.21. The third-order valence-corrected chi connectivity index (χ3v) is 3.29. The molecule has 0 bridgehead atoms. The number of carbonyl (C=O) groups is 1. The highest BCUT2D eigenvalue weighted by molar-refractivity contribution is 9.10. The molecule has 0 spiro atoms. The lowest BCUT2D eigenvalue weighted by Crippen LogP contribution is -2.28. The summed E-state index contributed by atoms with van der Waals surface area (Å²) in [6.45, 7) is 1.65. The number of nitrogens with zero attached hydrogens (tertiary/aromatic N) is 3. The van der Waals surface area contributed by atoms with Gasteiger partial charge in [-0.3, -0.25) is 9.48 Å². The quantitative estimate of drug-likeness (QED) is 0.738. The van der Waals surface area contributed by atoms with Crippen molar-refractivity contribution in [2.45, 2.75) is 19.4 Å². The van der Waals surface area contributed by atoms with Crippen LogP contribution in [0.3, 0.4) is 0 Å². The summed E-state index contributed by atoms with van der Waals surface area (Å²) in [7, 11) is 0. The van der Waals surface area contributed by atoms with Crippen LogP contribution in [0.4, 0.5) is 0 Å². The SMILES string of the molecule is O=C(CCCn1cncn1)NCCOc1ccc(Br)cc1. The fourth-order valence-electron chi connectivity index (χ4n) is 1.73. The van der Waals surface area contributed by atoms with Gasteiger partial charge in [-0.2, -0.15) is 5.10 Å². The Morgan fingerprint density at radius 3 is 2.86 bits per heavy atom. The average molecular weight is 353 g/mol. The summed E-state index contributed by atoms with van der Waals surface area (Å²) in [5, 5.41) is 6.80. The molecule has 0 radical (unpaired) electrons. The third kappa shape index (κ3) is 5.95. The van der Waals surface area contributed by atoms with Crippen molar-refractivity contribution in [3.8, 4) is 5.75 Å². The maximum atomic E-state index is 11.6. The van der Waals surface area contributed by atoms with Crippen molar-refractivity contribution in [2.24, 2.45) is 0 Å². The van der Waals surface area contributed by atoms with Gasteiger partial charge in [0, 0.05) is 17.4 Å². The second kappa shape index (κ2) is 8.41. The number of aromatic nitrogens is 3. The molecule has 0 saturated carbocycles. The molecule has 6 nitrogen and oxygen atoms in total. The molecule has 1 amide bonds. The minimum atomic E-state index is 0.0227. The lowest BCUT2D eigenvalue weighted by molar-refractivity contribution is -0.121. The van der Waals surface area contributed by atoms with Gasteiger partial charge in [0.2, 0.25) is 5.91 Å². The van der Waals surface area contributed by atoms with Crippen molar-refractivity contribution in [2.75, 3.05) is 13.2 Å². The van der Waals surface area contributed by atoms with Gasteiger partial charge in [0.1, 0.15) is 25.0 Å². The van der Waals surface area contributed by atoms with Gasteiger partial charge in [0.25, 0.3) is 0 Å². The Balaban J connectivity index is 1.53. The molecule has 0 atom stereocenters. The van der Waals surface area contributed by atoms with Gasteiger partial charge in [-0.05, 0) is 30.7 Å². The highest BCUT2D eigenvalue weighted by Crippen LogP contribution is 2.15. The first-order chi connectivity index (χ1) is 10.2. The molecule has 0 aliphatic heterocycles. The van der Waals surface area contributed by atoms with Gasteiger partial charge in [-0.15, -0.1) is 0 Å². The molecular formula is C14H17BrN4O2. The van der Waals surface area contributed by atoms with Crippen LogP contribution in [0.15, 0.2) is 41.4 Å². The summed E-state index contributed by atoms with van der Waals surface area (Å²) in [4.78, 5) is 15.5. The molecule has 1 N–H and O–H groups in total. The molecule has 2 rings (SSSR count). The largest absolute Gasteiger partial charge is 0.492 e. The summed E-state index contributed by atoms with van der Waals surface area (Å²) in [6.07, 6.45) is 4.34. The number of amides is 1. The molecule has 21 heavy (non-hydrogen) atoms. The molecule has 0 fully saturated rings. The molecule has 1 aromatic heterocycles. The first-order valence-corrected chi connectivity index (χ1v) is 7.51. The van der Waals surface area contributed by atoms with Crippen LogP contribution in [0.25, 0.3) is 0 Å². The van der Waals surface area contributed by atoms with E-state index in [0.29, 0.717) is 26.1 Å². The molecule has 112 valence electrons. The van der Waals surface area contributed by atoms with Gasteiger partial charge < -0.3 is 10.1 Å². The van der Waals surface area contributed by atoms with E-state index in [1.807, 2.05) is 24.3 Å². The van der Waals surface area contributed by atoms with Crippen molar-refractivity contribution in [1.82, 2.24) is 20.1 Å². The average Bonchev–Trinajstić information content (AvgIpc) is 2.99. The summed E-state index contributed by atoms with van der Waals surface area (Å²) in [5.74, 6) is 0.813. The summed E-state index contributed by atoms with van der Waals surface area (Å²) in [6, 6.07) is 7.59. The number of hydrogen-bond donors (Lipinski definition) is 1. The van der Waals surface area contributed by atoms with Crippen LogP contribution in [-0.4, -0.2) is 33.8 Å². The summed E-state index contributed by atoms with van der Waals surface area (Å²) in [5.41, 5.74) is 0. The number of rotatable bonds is 8. The van der Waals surface area contributed by atoms with Gasteiger partial charge in [-0.1, -0.05) is 15.9 Å². The predicted molar refractivity (Wildman–Crippen MR) is 81.9 cm³/mol.